The van der Waals surface area contributed by atoms with E-state index in [1.807, 2.05) is 6.92 Å². The van der Waals surface area contributed by atoms with Crippen molar-refractivity contribution >= 4 is 16.0 Å². The van der Waals surface area contributed by atoms with E-state index in [9.17, 15) is 8.42 Å². The molecular weight excluding hydrogens is 268 g/mol. The normalized spacial score (nSPS) is 12.2. The Morgan fingerprint density at radius 3 is 2.68 bits per heavy atom. The molecule has 1 rings (SSSR count). The number of sulfonamides is 1. The van der Waals surface area contributed by atoms with E-state index >= 15 is 0 Å². The van der Waals surface area contributed by atoms with Crippen LogP contribution in [0.3, 0.4) is 0 Å². The first kappa shape index (κ1) is 15.6. The molecule has 0 aliphatic heterocycles. The van der Waals surface area contributed by atoms with Crippen LogP contribution in [0.15, 0.2) is 12.3 Å². The Balaban J connectivity index is 2.63. The van der Waals surface area contributed by atoms with Crippen molar-refractivity contribution in [2.45, 2.75) is 26.3 Å². The number of anilines is 1. The molecule has 7 nitrogen and oxygen atoms in total. The Morgan fingerprint density at radius 1 is 1.42 bits per heavy atom. The zero-order valence-corrected chi connectivity index (χ0v) is 12.4. The van der Waals surface area contributed by atoms with Gasteiger partial charge in [0.15, 0.2) is 0 Å². The van der Waals surface area contributed by atoms with Gasteiger partial charge in [0.05, 0.1) is 12.9 Å². The van der Waals surface area contributed by atoms with Gasteiger partial charge in [-0.05, 0) is 20.8 Å². The van der Waals surface area contributed by atoms with Gasteiger partial charge in [-0.25, -0.2) is 18.1 Å². The van der Waals surface area contributed by atoms with Crippen LogP contribution >= 0.6 is 0 Å². The summed E-state index contributed by atoms with van der Waals surface area (Å²) in [6.07, 6.45) is 2.71. The third-order valence-corrected chi connectivity index (χ3v) is 3.00. The van der Waals surface area contributed by atoms with Gasteiger partial charge in [0.1, 0.15) is 0 Å². The minimum atomic E-state index is -3.26. The summed E-state index contributed by atoms with van der Waals surface area (Å²) >= 11 is 0. The lowest BCUT2D eigenvalue weighted by molar-refractivity contribution is 0.326. The third kappa shape index (κ3) is 6.35. The number of hydrogen-bond donors (Lipinski definition) is 2. The lowest BCUT2D eigenvalue weighted by atomic mass is 10.1. The molecular formula is C11H20N4O3S. The van der Waals surface area contributed by atoms with Crippen LogP contribution < -0.4 is 14.8 Å². The maximum absolute atomic E-state index is 11.2. The van der Waals surface area contributed by atoms with Crippen molar-refractivity contribution in [2.75, 3.05) is 24.7 Å². The molecule has 0 bridgehead atoms. The van der Waals surface area contributed by atoms with Crippen molar-refractivity contribution < 1.29 is 13.2 Å². The maximum atomic E-state index is 11.2. The molecule has 8 heteroatoms. The summed E-state index contributed by atoms with van der Waals surface area (Å²) in [4.78, 5) is 8.18. The molecule has 0 unspecified atom stereocenters. The van der Waals surface area contributed by atoms with Crippen molar-refractivity contribution in [1.29, 1.82) is 0 Å². The summed E-state index contributed by atoms with van der Waals surface area (Å²) in [5.74, 6) is 0.878. The van der Waals surface area contributed by atoms with E-state index in [1.165, 1.54) is 0 Å². The van der Waals surface area contributed by atoms with Crippen LogP contribution in [0.1, 0.15) is 20.8 Å². The fraction of sp³-hybridized carbons (Fsp3) is 0.636. The minimum absolute atomic E-state index is 0.357. The Kier molecular flexibility index (Phi) is 5.07. The molecule has 1 aromatic rings. The number of ether oxygens (including phenoxy) is 1. The molecule has 0 spiro atoms. The summed E-state index contributed by atoms with van der Waals surface area (Å²) in [6, 6.07) is 1.66. The smallest absolute Gasteiger partial charge is 0.226 e. The summed E-state index contributed by atoms with van der Waals surface area (Å²) in [6.45, 7) is 6.29. The van der Waals surface area contributed by atoms with E-state index < -0.39 is 15.6 Å². The molecule has 0 saturated heterocycles. The molecule has 0 saturated carbocycles. The van der Waals surface area contributed by atoms with Crippen LogP contribution in [0.5, 0.6) is 5.88 Å². The summed E-state index contributed by atoms with van der Waals surface area (Å²) in [5, 5.41) is 2.98. The van der Waals surface area contributed by atoms with Crippen LogP contribution in [-0.2, 0) is 10.0 Å². The van der Waals surface area contributed by atoms with Crippen molar-refractivity contribution in [3.05, 3.63) is 12.3 Å². The second-order valence-electron chi connectivity index (χ2n) is 4.76. The van der Waals surface area contributed by atoms with Gasteiger partial charge in [-0.15, -0.1) is 0 Å². The molecule has 0 fully saturated rings. The Labute approximate surface area is 113 Å². The highest BCUT2D eigenvalue weighted by atomic mass is 32.2. The maximum Gasteiger partial charge on any atom is 0.226 e. The van der Waals surface area contributed by atoms with Crippen LogP contribution in [-0.4, -0.2) is 43.3 Å². The molecule has 2 N–H and O–H groups in total. The van der Waals surface area contributed by atoms with Crippen LogP contribution in [0, 0.1) is 0 Å². The van der Waals surface area contributed by atoms with Crippen LogP contribution in [0.2, 0.25) is 0 Å². The molecule has 0 aliphatic carbocycles. The van der Waals surface area contributed by atoms with Crippen LogP contribution in [0.25, 0.3) is 0 Å². The fourth-order valence-electron chi connectivity index (χ4n) is 1.49. The highest BCUT2D eigenvalue weighted by Gasteiger charge is 2.22. The SMILES string of the molecule is CCOc1ccnc(NCC(C)(C)NS(C)(=O)=O)n1. The number of hydrogen-bond acceptors (Lipinski definition) is 6. The van der Waals surface area contributed by atoms with Crippen molar-refractivity contribution in [3.63, 3.8) is 0 Å². The number of rotatable bonds is 7. The summed E-state index contributed by atoms with van der Waals surface area (Å²) in [7, 11) is -3.26. The zero-order valence-electron chi connectivity index (χ0n) is 11.6. The Bertz CT molecular complexity index is 516. The van der Waals surface area contributed by atoms with Gasteiger partial charge >= 0.3 is 0 Å². The van der Waals surface area contributed by atoms with Crippen molar-refractivity contribution in [3.8, 4) is 5.88 Å². The van der Waals surface area contributed by atoms with Gasteiger partial charge in [-0.3, -0.25) is 0 Å². The zero-order chi connectivity index (χ0) is 14.5. The van der Waals surface area contributed by atoms with E-state index in [0.29, 0.717) is 25.0 Å². The topological polar surface area (TPSA) is 93.2 Å². The average Bonchev–Trinajstić information content (AvgIpc) is 2.24. The molecule has 0 atom stereocenters. The molecule has 0 amide bonds. The monoisotopic (exact) mass is 288 g/mol. The molecule has 19 heavy (non-hydrogen) atoms. The molecule has 1 aromatic heterocycles. The van der Waals surface area contributed by atoms with E-state index in [4.69, 9.17) is 4.74 Å². The average molecular weight is 288 g/mol. The van der Waals surface area contributed by atoms with Gasteiger partial charge in [0, 0.05) is 24.3 Å². The molecule has 0 aromatic carbocycles. The lowest BCUT2D eigenvalue weighted by Crippen LogP contribution is -2.47. The number of nitrogens with one attached hydrogen (secondary N) is 2. The predicted molar refractivity (Wildman–Crippen MR) is 73.7 cm³/mol. The van der Waals surface area contributed by atoms with Gasteiger partial charge in [-0.2, -0.15) is 4.98 Å². The Morgan fingerprint density at radius 2 is 2.11 bits per heavy atom. The molecule has 1 heterocycles. The number of nitrogens with zero attached hydrogens (tertiary/aromatic N) is 2. The van der Waals surface area contributed by atoms with Gasteiger partial charge < -0.3 is 10.1 Å². The van der Waals surface area contributed by atoms with E-state index in [-0.39, 0.29) is 0 Å². The largest absolute Gasteiger partial charge is 0.478 e. The number of aromatic nitrogens is 2. The lowest BCUT2D eigenvalue weighted by Gasteiger charge is -2.25. The first-order chi connectivity index (χ1) is 8.72. The van der Waals surface area contributed by atoms with E-state index in [0.717, 1.165) is 6.26 Å². The summed E-state index contributed by atoms with van der Waals surface area (Å²) < 4.78 is 30.2. The molecule has 108 valence electrons. The van der Waals surface area contributed by atoms with Crippen LogP contribution in [0.4, 0.5) is 5.95 Å². The van der Waals surface area contributed by atoms with Crippen molar-refractivity contribution in [1.82, 2.24) is 14.7 Å². The first-order valence-corrected chi connectivity index (χ1v) is 7.80. The van der Waals surface area contributed by atoms with Gasteiger partial charge in [-0.1, -0.05) is 0 Å². The van der Waals surface area contributed by atoms with E-state index in [1.54, 1.807) is 26.1 Å². The molecule has 0 radical (unpaired) electrons. The van der Waals surface area contributed by atoms with Crippen molar-refractivity contribution in [2.24, 2.45) is 0 Å². The van der Waals surface area contributed by atoms with Gasteiger partial charge in [0.25, 0.3) is 0 Å². The minimum Gasteiger partial charge on any atom is -0.478 e. The standard InChI is InChI=1S/C11H20N4O3S/c1-5-18-9-6-7-12-10(14-9)13-8-11(2,3)15-19(4,16)17/h6-7,15H,5,8H2,1-4H3,(H,12,13,14). The predicted octanol–water partition coefficient (Wildman–Crippen LogP) is 0.615. The highest BCUT2D eigenvalue weighted by Crippen LogP contribution is 2.10. The highest BCUT2D eigenvalue weighted by molar-refractivity contribution is 7.88. The second kappa shape index (κ2) is 6.16. The summed E-state index contributed by atoms with van der Waals surface area (Å²) in [5.41, 5.74) is -0.640. The van der Waals surface area contributed by atoms with E-state index in [2.05, 4.69) is 20.0 Å². The Hall–Kier alpha value is -1.41. The quantitative estimate of drug-likeness (QED) is 0.764. The molecule has 0 aliphatic rings. The third-order valence-electron chi connectivity index (χ3n) is 2.07. The first-order valence-electron chi connectivity index (χ1n) is 5.90. The fourth-order valence-corrected chi connectivity index (χ4v) is 2.57. The van der Waals surface area contributed by atoms with Gasteiger partial charge in [0.2, 0.25) is 21.9 Å². The second-order valence-corrected chi connectivity index (χ2v) is 6.51.